The van der Waals surface area contributed by atoms with Crippen molar-refractivity contribution in [1.29, 1.82) is 0 Å². The first-order chi connectivity index (χ1) is 11.1. The number of carbonyl (C=O) groups excluding carboxylic acids is 1. The molecule has 2 aromatic rings. The lowest BCUT2D eigenvalue weighted by molar-refractivity contribution is -0.117. The van der Waals surface area contributed by atoms with E-state index in [9.17, 15) is 4.79 Å². The van der Waals surface area contributed by atoms with Gasteiger partial charge in [-0.3, -0.25) is 9.69 Å². The highest BCUT2D eigenvalue weighted by atomic mass is 16.5. The average Bonchev–Trinajstić information content (AvgIpc) is 2.93. The van der Waals surface area contributed by atoms with E-state index in [1.165, 1.54) is 0 Å². The minimum Gasteiger partial charge on any atom is -0.495 e. The molecule has 1 N–H and O–H groups in total. The van der Waals surface area contributed by atoms with Gasteiger partial charge >= 0.3 is 0 Å². The van der Waals surface area contributed by atoms with Crippen molar-refractivity contribution in [2.45, 2.75) is 26.8 Å². The predicted molar refractivity (Wildman–Crippen MR) is 88.4 cm³/mol. The Hall–Kier alpha value is -2.34. The van der Waals surface area contributed by atoms with E-state index in [0.717, 1.165) is 24.4 Å². The third-order valence-corrected chi connectivity index (χ3v) is 3.35. The maximum Gasteiger partial charge on any atom is 0.238 e. The molecule has 6 nitrogen and oxygen atoms in total. The number of nitrogens with zero attached hydrogens (tertiary/aromatic N) is 2. The molecule has 0 saturated carbocycles. The first kappa shape index (κ1) is 17.0. The van der Waals surface area contributed by atoms with E-state index in [4.69, 9.17) is 9.26 Å². The summed E-state index contributed by atoms with van der Waals surface area (Å²) in [6, 6.07) is 9.26. The van der Waals surface area contributed by atoms with Gasteiger partial charge in [0.15, 0.2) is 0 Å². The number of aromatic nitrogens is 1. The fraction of sp³-hybridized carbons (Fsp3) is 0.412. The summed E-state index contributed by atoms with van der Waals surface area (Å²) in [4.78, 5) is 14.4. The van der Waals surface area contributed by atoms with Crippen molar-refractivity contribution in [3.8, 4) is 5.75 Å². The molecule has 0 bridgehead atoms. The lowest BCUT2D eigenvalue weighted by Gasteiger charge is -2.20. The zero-order valence-electron chi connectivity index (χ0n) is 13.8. The monoisotopic (exact) mass is 317 g/mol. The van der Waals surface area contributed by atoms with Crippen LogP contribution >= 0.6 is 0 Å². The molecule has 1 amide bonds. The summed E-state index contributed by atoms with van der Waals surface area (Å²) in [7, 11) is 1.58. The number of anilines is 1. The molecule has 1 aromatic carbocycles. The van der Waals surface area contributed by atoms with E-state index >= 15 is 0 Å². The molecule has 0 unspecified atom stereocenters. The Morgan fingerprint density at radius 1 is 1.39 bits per heavy atom. The van der Waals surface area contributed by atoms with E-state index in [1.54, 1.807) is 7.11 Å². The van der Waals surface area contributed by atoms with Gasteiger partial charge in [-0.1, -0.05) is 24.2 Å². The normalized spacial score (nSPS) is 10.8. The summed E-state index contributed by atoms with van der Waals surface area (Å²) in [5.74, 6) is 1.34. The van der Waals surface area contributed by atoms with Crippen molar-refractivity contribution in [1.82, 2.24) is 10.1 Å². The molecular weight excluding hydrogens is 294 g/mol. The highest BCUT2D eigenvalue weighted by Crippen LogP contribution is 2.22. The van der Waals surface area contributed by atoms with E-state index in [-0.39, 0.29) is 12.5 Å². The second-order valence-electron chi connectivity index (χ2n) is 5.39. The molecule has 124 valence electrons. The Balaban J connectivity index is 1.97. The van der Waals surface area contributed by atoms with Gasteiger partial charge in [-0.2, -0.15) is 0 Å². The van der Waals surface area contributed by atoms with Crippen molar-refractivity contribution in [3.05, 3.63) is 41.8 Å². The van der Waals surface area contributed by atoms with Gasteiger partial charge in [-0.15, -0.1) is 0 Å². The molecule has 6 heteroatoms. The lowest BCUT2D eigenvalue weighted by Crippen LogP contribution is -2.33. The number of hydrogen-bond donors (Lipinski definition) is 1. The van der Waals surface area contributed by atoms with Crippen LogP contribution in [-0.4, -0.2) is 36.2 Å². The second-order valence-corrected chi connectivity index (χ2v) is 5.39. The molecule has 0 fully saturated rings. The van der Waals surface area contributed by atoms with Crippen LogP contribution in [-0.2, 0) is 11.3 Å². The molecule has 0 radical (unpaired) electrons. The number of amides is 1. The van der Waals surface area contributed by atoms with Gasteiger partial charge < -0.3 is 14.6 Å². The van der Waals surface area contributed by atoms with Crippen molar-refractivity contribution in [3.63, 3.8) is 0 Å². The van der Waals surface area contributed by atoms with Gasteiger partial charge in [0.25, 0.3) is 0 Å². The molecule has 0 aliphatic heterocycles. The second kappa shape index (κ2) is 8.33. The number of nitrogens with one attached hydrogen (secondary N) is 1. The number of carbonyl (C=O) groups is 1. The van der Waals surface area contributed by atoms with Gasteiger partial charge in [-0.05, 0) is 32.0 Å². The quantitative estimate of drug-likeness (QED) is 0.811. The molecule has 0 aliphatic carbocycles. The highest BCUT2D eigenvalue weighted by molar-refractivity contribution is 5.93. The fourth-order valence-electron chi connectivity index (χ4n) is 2.39. The molecular formula is C17H23N3O3. The summed E-state index contributed by atoms with van der Waals surface area (Å²) >= 11 is 0. The van der Waals surface area contributed by atoms with Crippen LogP contribution in [0.2, 0.25) is 0 Å². The smallest absolute Gasteiger partial charge is 0.238 e. The summed E-state index contributed by atoms with van der Waals surface area (Å²) in [6.45, 7) is 5.63. The van der Waals surface area contributed by atoms with Gasteiger partial charge in [0, 0.05) is 12.6 Å². The number of benzene rings is 1. The molecule has 0 spiro atoms. The number of rotatable bonds is 8. The Morgan fingerprint density at radius 2 is 2.17 bits per heavy atom. The topological polar surface area (TPSA) is 67.6 Å². The summed E-state index contributed by atoms with van der Waals surface area (Å²) in [5.41, 5.74) is 1.51. The number of para-hydroxylation sites is 2. The van der Waals surface area contributed by atoms with Crippen LogP contribution in [0.1, 0.15) is 24.8 Å². The minimum absolute atomic E-state index is 0.0804. The summed E-state index contributed by atoms with van der Waals surface area (Å²) in [6.07, 6.45) is 0.957. The van der Waals surface area contributed by atoms with Crippen LogP contribution in [0.5, 0.6) is 5.75 Å². The molecule has 0 atom stereocenters. The Morgan fingerprint density at radius 3 is 2.83 bits per heavy atom. The number of methoxy groups -OCH3 is 1. The minimum atomic E-state index is -0.0804. The van der Waals surface area contributed by atoms with Crippen molar-refractivity contribution in [2.24, 2.45) is 0 Å². The Labute approximate surface area is 136 Å². The standard InChI is InChI=1S/C17H23N3O3/c1-4-9-20(11-14-10-13(2)23-19-14)12-17(21)18-15-7-5-6-8-16(15)22-3/h5-8,10H,4,9,11-12H2,1-3H3,(H,18,21). The first-order valence-electron chi connectivity index (χ1n) is 7.69. The molecule has 1 heterocycles. The predicted octanol–water partition coefficient (Wildman–Crippen LogP) is 2.84. The van der Waals surface area contributed by atoms with Crippen LogP contribution < -0.4 is 10.1 Å². The zero-order valence-corrected chi connectivity index (χ0v) is 13.8. The number of ether oxygens (including phenoxy) is 1. The Bertz CT molecular complexity index is 640. The van der Waals surface area contributed by atoms with E-state index < -0.39 is 0 Å². The van der Waals surface area contributed by atoms with Crippen molar-refractivity contribution < 1.29 is 14.1 Å². The average molecular weight is 317 g/mol. The largest absolute Gasteiger partial charge is 0.495 e. The first-order valence-corrected chi connectivity index (χ1v) is 7.69. The third-order valence-electron chi connectivity index (χ3n) is 3.35. The maximum absolute atomic E-state index is 12.3. The molecule has 23 heavy (non-hydrogen) atoms. The molecule has 1 aromatic heterocycles. The number of aryl methyl sites for hydroxylation is 1. The summed E-state index contributed by atoms with van der Waals surface area (Å²) < 4.78 is 10.3. The Kier molecular flexibility index (Phi) is 6.17. The van der Waals surface area contributed by atoms with Crippen molar-refractivity contribution in [2.75, 3.05) is 25.5 Å². The zero-order chi connectivity index (χ0) is 16.7. The van der Waals surface area contributed by atoms with Crippen LogP contribution in [0.4, 0.5) is 5.69 Å². The lowest BCUT2D eigenvalue weighted by atomic mass is 10.3. The van der Waals surface area contributed by atoms with Crippen LogP contribution in [0, 0.1) is 6.92 Å². The summed E-state index contributed by atoms with van der Waals surface area (Å²) in [5, 5.41) is 6.88. The van der Waals surface area contributed by atoms with Crippen LogP contribution in [0.25, 0.3) is 0 Å². The van der Waals surface area contributed by atoms with Crippen LogP contribution in [0.15, 0.2) is 34.9 Å². The molecule has 2 rings (SSSR count). The van der Waals surface area contributed by atoms with Crippen LogP contribution in [0.3, 0.4) is 0 Å². The van der Waals surface area contributed by atoms with Gasteiger partial charge in [0.1, 0.15) is 11.5 Å². The third kappa shape index (κ3) is 5.10. The van der Waals surface area contributed by atoms with E-state index in [1.807, 2.05) is 42.2 Å². The van der Waals surface area contributed by atoms with Crippen molar-refractivity contribution >= 4 is 11.6 Å². The molecule has 0 saturated heterocycles. The molecule has 0 aliphatic rings. The highest BCUT2D eigenvalue weighted by Gasteiger charge is 2.14. The fourth-order valence-corrected chi connectivity index (χ4v) is 2.39. The SMILES string of the molecule is CCCN(CC(=O)Nc1ccccc1OC)Cc1cc(C)on1. The number of hydrogen-bond acceptors (Lipinski definition) is 5. The maximum atomic E-state index is 12.3. The van der Waals surface area contributed by atoms with Gasteiger partial charge in [0.05, 0.1) is 25.0 Å². The van der Waals surface area contributed by atoms with Gasteiger partial charge in [0.2, 0.25) is 5.91 Å². The van der Waals surface area contributed by atoms with E-state index in [0.29, 0.717) is 18.0 Å². The van der Waals surface area contributed by atoms with Gasteiger partial charge in [-0.25, -0.2) is 0 Å². The van der Waals surface area contributed by atoms with E-state index in [2.05, 4.69) is 17.4 Å².